The highest BCUT2D eigenvalue weighted by Crippen LogP contribution is 2.30. The summed E-state index contributed by atoms with van der Waals surface area (Å²) in [6, 6.07) is 11.6. The summed E-state index contributed by atoms with van der Waals surface area (Å²) >= 11 is 6.05. The van der Waals surface area contributed by atoms with E-state index in [-0.39, 0.29) is 12.2 Å². The number of aryl methyl sites for hydroxylation is 1. The van der Waals surface area contributed by atoms with Crippen molar-refractivity contribution in [3.05, 3.63) is 58.9 Å². The van der Waals surface area contributed by atoms with Crippen LogP contribution in [0.4, 0.5) is 4.39 Å². The summed E-state index contributed by atoms with van der Waals surface area (Å²) in [6.45, 7) is 0. The predicted molar refractivity (Wildman–Crippen MR) is 72.8 cm³/mol. The van der Waals surface area contributed by atoms with Crippen molar-refractivity contribution in [2.75, 3.05) is 0 Å². The molecule has 2 rings (SSSR count). The summed E-state index contributed by atoms with van der Waals surface area (Å²) < 4.78 is 13.9. The maximum absolute atomic E-state index is 13.9. The first kappa shape index (κ1) is 13.6. The van der Waals surface area contributed by atoms with Gasteiger partial charge in [0.05, 0.1) is 0 Å². The molecule has 0 radical (unpaired) electrons. The molecule has 4 heteroatoms. The van der Waals surface area contributed by atoms with Crippen molar-refractivity contribution in [3.8, 4) is 11.1 Å². The maximum Gasteiger partial charge on any atom is 0.303 e. The number of hydrogen-bond acceptors (Lipinski definition) is 1. The minimum Gasteiger partial charge on any atom is -0.481 e. The van der Waals surface area contributed by atoms with Gasteiger partial charge in [-0.15, -0.1) is 0 Å². The third-order valence-electron chi connectivity index (χ3n) is 2.82. The second-order valence-electron chi connectivity index (χ2n) is 4.19. The van der Waals surface area contributed by atoms with E-state index in [1.54, 1.807) is 36.4 Å². The van der Waals surface area contributed by atoms with Crippen LogP contribution in [-0.2, 0) is 11.2 Å². The van der Waals surface area contributed by atoms with Gasteiger partial charge in [-0.1, -0.05) is 35.9 Å². The Labute approximate surface area is 115 Å². The summed E-state index contributed by atoms with van der Waals surface area (Å²) in [5, 5.41) is 9.13. The van der Waals surface area contributed by atoms with Crippen molar-refractivity contribution in [1.82, 2.24) is 0 Å². The zero-order chi connectivity index (χ0) is 13.8. The Balaban J connectivity index is 2.37. The molecule has 0 amide bonds. The number of benzene rings is 2. The monoisotopic (exact) mass is 278 g/mol. The van der Waals surface area contributed by atoms with E-state index in [1.165, 1.54) is 6.07 Å². The zero-order valence-corrected chi connectivity index (χ0v) is 10.8. The first-order valence-electron chi connectivity index (χ1n) is 5.83. The Kier molecular flexibility index (Phi) is 4.17. The Hall–Kier alpha value is -1.87. The third-order valence-corrected chi connectivity index (χ3v) is 3.15. The number of hydrogen-bond donors (Lipinski definition) is 1. The van der Waals surface area contributed by atoms with E-state index in [1.807, 2.05) is 0 Å². The van der Waals surface area contributed by atoms with Gasteiger partial charge >= 0.3 is 5.97 Å². The average molecular weight is 279 g/mol. The summed E-state index contributed by atoms with van der Waals surface area (Å²) in [5.41, 5.74) is 1.78. The van der Waals surface area contributed by atoms with Crippen molar-refractivity contribution in [2.24, 2.45) is 0 Å². The predicted octanol–water partition coefficient (Wildman–Crippen LogP) is 4.16. The molecule has 2 nitrogen and oxygen atoms in total. The van der Waals surface area contributed by atoms with Crippen LogP contribution in [0.2, 0.25) is 5.02 Å². The smallest absolute Gasteiger partial charge is 0.303 e. The molecule has 0 aliphatic rings. The SMILES string of the molecule is O=C(O)CCc1ccc(F)c(-c2ccccc2Cl)c1. The van der Waals surface area contributed by atoms with Crippen LogP contribution >= 0.6 is 11.6 Å². The van der Waals surface area contributed by atoms with Crippen molar-refractivity contribution < 1.29 is 14.3 Å². The molecule has 98 valence electrons. The van der Waals surface area contributed by atoms with Crippen molar-refractivity contribution >= 4 is 17.6 Å². The van der Waals surface area contributed by atoms with Gasteiger partial charge < -0.3 is 5.11 Å². The van der Waals surface area contributed by atoms with Crippen molar-refractivity contribution in [3.63, 3.8) is 0 Å². The van der Waals surface area contributed by atoms with Crippen molar-refractivity contribution in [1.29, 1.82) is 0 Å². The van der Waals surface area contributed by atoms with Gasteiger partial charge in [-0.3, -0.25) is 4.79 Å². The van der Waals surface area contributed by atoms with Gasteiger partial charge in [0, 0.05) is 22.6 Å². The van der Waals surface area contributed by atoms with Crippen LogP contribution in [0.25, 0.3) is 11.1 Å². The molecule has 0 aliphatic carbocycles. The molecule has 0 heterocycles. The molecular weight excluding hydrogens is 267 g/mol. The van der Waals surface area contributed by atoms with Gasteiger partial charge in [-0.05, 0) is 30.2 Å². The first-order chi connectivity index (χ1) is 9.08. The normalized spacial score (nSPS) is 10.4. The van der Waals surface area contributed by atoms with Gasteiger partial charge in [0.2, 0.25) is 0 Å². The van der Waals surface area contributed by atoms with E-state index < -0.39 is 5.97 Å². The lowest BCUT2D eigenvalue weighted by molar-refractivity contribution is -0.136. The summed E-state index contributed by atoms with van der Waals surface area (Å²) in [7, 11) is 0. The number of rotatable bonds is 4. The van der Waals surface area contributed by atoms with Crippen LogP contribution in [0.3, 0.4) is 0 Å². The second-order valence-corrected chi connectivity index (χ2v) is 4.59. The number of carboxylic acid groups (broad SMARTS) is 1. The number of carboxylic acids is 1. The minimum atomic E-state index is -0.872. The van der Waals surface area contributed by atoms with E-state index in [2.05, 4.69) is 0 Å². The lowest BCUT2D eigenvalue weighted by atomic mass is 10.0. The Bertz CT molecular complexity index is 611. The molecule has 0 aliphatic heterocycles. The molecular formula is C15H12ClFO2. The Morgan fingerprint density at radius 3 is 2.58 bits per heavy atom. The summed E-state index contributed by atoms with van der Waals surface area (Å²) in [6.07, 6.45) is 0.390. The molecule has 0 atom stereocenters. The largest absolute Gasteiger partial charge is 0.481 e. The standard InChI is InChI=1S/C15H12ClFO2/c16-13-4-2-1-3-11(13)12-9-10(5-7-14(12)17)6-8-15(18)19/h1-5,7,9H,6,8H2,(H,18,19). The zero-order valence-electron chi connectivity index (χ0n) is 10.1. The van der Waals surface area contributed by atoms with E-state index >= 15 is 0 Å². The lowest BCUT2D eigenvalue weighted by Gasteiger charge is -2.08. The number of halogens is 2. The van der Waals surface area contributed by atoms with E-state index in [9.17, 15) is 9.18 Å². The highest BCUT2D eigenvalue weighted by atomic mass is 35.5. The first-order valence-corrected chi connectivity index (χ1v) is 6.21. The molecule has 0 unspecified atom stereocenters. The lowest BCUT2D eigenvalue weighted by Crippen LogP contribution is -1.98. The Morgan fingerprint density at radius 1 is 1.16 bits per heavy atom. The van der Waals surface area contributed by atoms with Crippen LogP contribution in [-0.4, -0.2) is 11.1 Å². The summed E-state index contributed by atoms with van der Waals surface area (Å²) in [5.74, 6) is -1.24. The fourth-order valence-electron chi connectivity index (χ4n) is 1.87. The molecule has 0 saturated heterocycles. The van der Waals surface area contributed by atoms with Crippen LogP contribution < -0.4 is 0 Å². The maximum atomic E-state index is 13.9. The topological polar surface area (TPSA) is 37.3 Å². The van der Waals surface area contributed by atoms with E-state index in [4.69, 9.17) is 16.7 Å². The van der Waals surface area contributed by atoms with Gasteiger partial charge in [-0.2, -0.15) is 0 Å². The molecule has 0 bridgehead atoms. The van der Waals surface area contributed by atoms with Gasteiger partial charge in [0.1, 0.15) is 5.82 Å². The summed E-state index contributed by atoms with van der Waals surface area (Å²) in [4.78, 5) is 10.6. The van der Waals surface area contributed by atoms with E-state index in [0.717, 1.165) is 5.56 Å². The molecule has 2 aromatic carbocycles. The van der Waals surface area contributed by atoms with E-state index in [0.29, 0.717) is 22.6 Å². The minimum absolute atomic E-state index is 0.0214. The van der Waals surface area contributed by atoms with Crippen LogP contribution in [0.15, 0.2) is 42.5 Å². The van der Waals surface area contributed by atoms with Gasteiger partial charge in [0.15, 0.2) is 0 Å². The number of carbonyl (C=O) groups is 1. The average Bonchev–Trinajstić information content (AvgIpc) is 2.38. The molecule has 0 saturated carbocycles. The highest BCUT2D eigenvalue weighted by Gasteiger charge is 2.10. The van der Waals surface area contributed by atoms with Crippen LogP contribution in [0, 0.1) is 5.82 Å². The molecule has 0 spiro atoms. The van der Waals surface area contributed by atoms with Crippen molar-refractivity contribution in [2.45, 2.75) is 12.8 Å². The number of aliphatic carboxylic acids is 1. The van der Waals surface area contributed by atoms with Gasteiger partial charge in [0.25, 0.3) is 0 Å². The van der Waals surface area contributed by atoms with Crippen LogP contribution in [0.5, 0.6) is 0 Å². The Morgan fingerprint density at radius 2 is 1.89 bits per heavy atom. The highest BCUT2D eigenvalue weighted by molar-refractivity contribution is 6.33. The quantitative estimate of drug-likeness (QED) is 0.912. The molecule has 0 aromatic heterocycles. The molecule has 0 fully saturated rings. The fourth-order valence-corrected chi connectivity index (χ4v) is 2.10. The molecule has 19 heavy (non-hydrogen) atoms. The second kappa shape index (κ2) is 5.85. The molecule has 2 aromatic rings. The van der Waals surface area contributed by atoms with Gasteiger partial charge in [-0.25, -0.2) is 4.39 Å². The third kappa shape index (κ3) is 3.32. The van der Waals surface area contributed by atoms with Crippen LogP contribution in [0.1, 0.15) is 12.0 Å². The molecule has 1 N–H and O–H groups in total. The fraction of sp³-hybridized carbons (Fsp3) is 0.133.